The van der Waals surface area contributed by atoms with Crippen molar-refractivity contribution in [1.29, 1.82) is 0 Å². The van der Waals surface area contributed by atoms with Crippen molar-refractivity contribution in [2.24, 2.45) is 0 Å². The quantitative estimate of drug-likeness (QED) is 0.747. The van der Waals surface area contributed by atoms with Crippen LogP contribution in [0.25, 0.3) is 0 Å². The highest BCUT2D eigenvalue weighted by atomic mass is 16.2. The van der Waals surface area contributed by atoms with E-state index in [1.165, 1.54) is 11.1 Å². The molecule has 0 saturated carbocycles. The number of aryl methyl sites for hydroxylation is 1. The molecule has 0 aliphatic heterocycles. The Balaban J connectivity index is 1.98. The van der Waals surface area contributed by atoms with Crippen LogP contribution in [0.5, 0.6) is 0 Å². The monoisotopic (exact) mass is 216 g/mol. The summed E-state index contributed by atoms with van der Waals surface area (Å²) < 4.78 is 0. The summed E-state index contributed by atoms with van der Waals surface area (Å²) in [6.45, 7) is 4.06. The number of hydrogen-bond donors (Lipinski definition) is 2. The van der Waals surface area contributed by atoms with Gasteiger partial charge in [-0.1, -0.05) is 30.3 Å². The minimum Gasteiger partial charge on any atom is -0.335 e. The highest BCUT2D eigenvalue weighted by Crippen LogP contribution is 2.30. The first-order valence-electron chi connectivity index (χ1n) is 5.54. The van der Waals surface area contributed by atoms with Crippen molar-refractivity contribution in [1.82, 2.24) is 10.6 Å². The number of carbonyl (C=O) groups excluding carboxylic acids is 1. The van der Waals surface area contributed by atoms with Crippen LogP contribution in [0, 0.1) is 0 Å². The number of fused-ring (bicyclic) bond motifs is 1. The number of hydrogen-bond acceptors (Lipinski definition) is 1. The van der Waals surface area contributed by atoms with E-state index in [9.17, 15) is 4.79 Å². The third kappa shape index (κ3) is 2.24. The lowest BCUT2D eigenvalue weighted by atomic mass is 10.1. The molecule has 3 heteroatoms. The molecular weight excluding hydrogens is 200 g/mol. The Hall–Kier alpha value is -1.77. The fraction of sp³-hybridized carbons (Fsp3) is 0.308. The van der Waals surface area contributed by atoms with Crippen molar-refractivity contribution in [3.8, 4) is 0 Å². The molecule has 0 fully saturated rings. The summed E-state index contributed by atoms with van der Waals surface area (Å²) >= 11 is 0. The maximum absolute atomic E-state index is 11.5. The van der Waals surface area contributed by atoms with E-state index in [4.69, 9.17) is 0 Å². The Morgan fingerprint density at radius 1 is 1.50 bits per heavy atom. The van der Waals surface area contributed by atoms with Crippen LogP contribution in [0.1, 0.15) is 23.6 Å². The fourth-order valence-corrected chi connectivity index (χ4v) is 2.08. The molecule has 1 aromatic carbocycles. The minimum absolute atomic E-state index is 0.124. The van der Waals surface area contributed by atoms with Gasteiger partial charge in [-0.2, -0.15) is 0 Å². The summed E-state index contributed by atoms with van der Waals surface area (Å²) in [6, 6.07) is 8.29. The Bertz CT molecular complexity index is 401. The standard InChI is InChI=1S/C13H16N2O/c1-2-9-14-13(16)15-12-8-7-10-5-3-4-6-11(10)12/h2-6,12H,1,7-9H2,(H2,14,15,16). The smallest absolute Gasteiger partial charge is 0.315 e. The molecule has 3 nitrogen and oxygen atoms in total. The van der Waals surface area contributed by atoms with Crippen molar-refractivity contribution in [2.75, 3.05) is 6.54 Å². The van der Waals surface area contributed by atoms with Gasteiger partial charge in [-0.25, -0.2) is 4.79 Å². The molecule has 1 atom stereocenters. The van der Waals surface area contributed by atoms with Gasteiger partial charge in [-0.15, -0.1) is 6.58 Å². The summed E-state index contributed by atoms with van der Waals surface area (Å²) in [5.74, 6) is 0. The molecule has 1 aliphatic carbocycles. The van der Waals surface area contributed by atoms with E-state index in [0.29, 0.717) is 6.54 Å². The van der Waals surface area contributed by atoms with Crippen LogP contribution in [0.2, 0.25) is 0 Å². The van der Waals surface area contributed by atoms with Gasteiger partial charge in [0.05, 0.1) is 6.04 Å². The van der Waals surface area contributed by atoms with Gasteiger partial charge >= 0.3 is 6.03 Å². The second-order valence-corrected chi connectivity index (χ2v) is 3.93. The fourth-order valence-electron chi connectivity index (χ4n) is 2.08. The van der Waals surface area contributed by atoms with E-state index in [2.05, 4.69) is 29.3 Å². The lowest BCUT2D eigenvalue weighted by molar-refractivity contribution is 0.238. The minimum atomic E-state index is -0.124. The summed E-state index contributed by atoms with van der Waals surface area (Å²) in [5, 5.41) is 5.69. The molecule has 2 amide bonds. The number of rotatable bonds is 3. The SMILES string of the molecule is C=CCNC(=O)NC1CCc2ccccc21. The molecule has 0 spiro atoms. The Labute approximate surface area is 95.6 Å². The molecule has 1 aromatic rings. The van der Waals surface area contributed by atoms with Crippen LogP contribution in [0.3, 0.4) is 0 Å². The normalized spacial score (nSPS) is 17.6. The van der Waals surface area contributed by atoms with Crippen LogP contribution < -0.4 is 10.6 Å². The average molecular weight is 216 g/mol. The van der Waals surface area contributed by atoms with Gasteiger partial charge in [0.2, 0.25) is 0 Å². The Morgan fingerprint density at radius 2 is 2.31 bits per heavy atom. The third-order valence-corrected chi connectivity index (χ3v) is 2.85. The van der Waals surface area contributed by atoms with E-state index in [0.717, 1.165) is 12.8 Å². The molecule has 0 radical (unpaired) electrons. The molecule has 1 aliphatic rings. The summed E-state index contributed by atoms with van der Waals surface area (Å²) in [5.41, 5.74) is 2.59. The molecule has 0 saturated heterocycles. The molecule has 2 N–H and O–H groups in total. The number of nitrogens with one attached hydrogen (secondary N) is 2. The molecule has 1 unspecified atom stereocenters. The summed E-state index contributed by atoms with van der Waals surface area (Å²) in [7, 11) is 0. The molecular formula is C13H16N2O. The second-order valence-electron chi connectivity index (χ2n) is 3.93. The van der Waals surface area contributed by atoms with Gasteiger partial charge in [-0.3, -0.25) is 0 Å². The van der Waals surface area contributed by atoms with E-state index < -0.39 is 0 Å². The van der Waals surface area contributed by atoms with Crippen LogP contribution in [0.15, 0.2) is 36.9 Å². The lowest BCUT2D eigenvalue weighted by Gasteiger charge is -2.14. The highest BCUT2D eigenvalue weighted by Gasteiger charge is 2.22. The van der Waals surface area contributed by atoms with Crippen LogP contribution in [0.4, 0.5) is 4.79 Å². The number of benzene rings is 1. The molecule has 0 bridgehead atoms. The summed E-state index contributed by atoms with van der Waals surface area (Å²) in [6.07, 6.45) is 3.70. The first-order valence-corrected chi connectivity index (χ1v) is 5.54. The summed E-state index contributed by atoms with van der Waals surface area (Å²) in [4.78, 5) is 11.5. The first-order chi connectivity index (χ1) is 7.81. The Kier molecular flexibility index (Phi) is 3.25. The zero-order chi connectivity index (χ0) is 11.4. The van der Waals surface area contributed by atoms with Crippen LogP contribution >= 0.6 is 0 Å². The number of carbonyl (C=O) groups is 1. The lowest BCUT2D eigenvalue weighted by Crippen LogP contribution is -2.37. The predicted molar refractivity (Wildman–Crippen MR) is 64.2 cm³/mol. The van der Waals surface area contributed by atoms with Gasteiger partial charge in [0, 0.05) is 6.54 Å². The second kappa shape index (κ2) is 4.84. The largest absolute Gasteiger partial charge is 0.335 e. The maximum atomic E-state index is 11.5. The van der Waals surface area contributed by atoms with Crippen LogP contribution in [-0.4, -0.2) is 12.6 Å². The molecule has 84 valence electrons. The van der Waals surface area contributed by atoms with Crippen molar-refractivity contribution in [3.63, 3.8) is 0 Å². The zero-order valence-corrected chi connectivity index (χ0v) is 9.20. The molecule has 0 aromatic heterocycles. The van der Waals surface area contributed by atoms with Gasteiger partial charge < -0.3 is 10.6 Å². The first kappa shape index (κ1) is 10.7. The molecule has 2 rings (SSSR count). The molecule has 16 heavy (non-hydrogen) atoms. The number of amides is 2. The van der Waals surface area contributed by atoms with E-state index >= 15 is 0 Å². The van der Waals surface area contributed by atoms with Crippen LogP contribution in [-0.2, 0) is 6.42 Å². The van der Waals surface area contributed by atoms with Gasteiger partial charge in [0.25, 0.3) is 0 Å². The van der Waals surface area contributed by atoms with Gasteiger partial charge in [-0.05, 0) is 24.0 Å². The van der Waals surface area contributed by atoms with Crippen molar-refractivity contribution >= 4 is 6.03 Å². The predicted octanol–water partition coefficient (Wildman–Crippen LogP) is 2.16. The topological polar surface area (TPSA) is 41.1 Å². The zero-order valence-electron chi connectivity index (χ0n) is 9.20. The van der Waals surface area contributed by atoms with E-state index in [1.807, 2.05) is 12.1 Å². The van der Waals surface area contributed by atoms with Gasteiger partial charge in [0.1, 0.15) is 0 Å². The Morgan fingerprint density at radius 3 is 3.12 bits per heavy atom. The highest BCUT2D eigenvalue weighted by molar-refractivity contribution is 5.74. The van der Waals surface area contributed by atoms with Crippen molar-refractivity contribution in [2.45, 2.75) is 18.9 Å². The van der Waals surface area contributed by atoms with E-state index in [1.54, 1.807) is 6.08 Å². The number of urea groups is 1. The van der Waals surface area contributed by atoms with Crippen molar-refractivity contribution in [3.05, 3.63) is 48.0 Å². The molecule has 0 heterocycles. The third-order valence-electron chi connectivity index (χ3n) is 2.85. The maximum Gasteiger partial charge on any atom is 0.315 e. The van der Waals surface area contributed by atoms with Gasteiger partial charge in [0.15, 0.2) is 0 Å². The van der Waals surface area contributed by atoms with E-state index in [-0.39, 0.29) is 12.1 Å². The van der Waals surface area contributed by atoms with Crippen molar-refractivity contribution < 1.29 is 4.79 Å². The average Bonchev–Trinajstić information content (AvgIpc) is 2.70.